The van der Waals surface area contributed by atoms with Gasteiger partial charge in [0.05, 0.1) is 11.4 Å². The molecule has 5 heteroatoms. The Morgan fingerprint density at radius 2 is 1.55 bits per heavy atom. The number of hydrogen-bond acceptors (Lipinski definition) is 3. The Morgan fingerprint density at radius 3 is 2.15 bits per heavy atom. The first-order valence-corrected chi connectivity index (χ1v) is 6.15. The summed E-state index contributed by atoms with van der Waals surface area (Å²) in [5.74, 6) is 0. The zero-order valence-corrected chi connectivity index (χ0v) is 10.5. The van der Waals surface area contributed by atoms with Gasteiger partial charge in [0.2, 0.25) is 0 Å². The van der Waals surface area contributed by atoms with Crippen molar-refractivity contribution in [2.24, 2.45) is 0 Å². The van der Waals surface area contributed by atoms with E-state index in [1.54, 1.807) is 17.6 Å². The molecule has 5 nitrogen and oxygen atoms in total. The molecule has 3 rings (SSSR count). The van der Waals surface area contributed by atoms with E-state index in [2.05, 4.69) is 5.10 Å². The molecule has 0 amide bonds. The van der Waals surface area contributed by atoms with Crippen LogP contribution in [0.4, 0.5) is 5.69 Å². The lowest BCUT2D eigenvalue weighted by Crippen LogP contribution is -2.16. The molecule has 0 radical (unpaired) electrons. The normalized spacial score (nSPS) is 10.4. The van der Waals surface area contributed by atoms with E-state index < -0.39 is 5.56 Å². The molecular formula is C15H12N3O2-. The molecule has 0 aliphatic rings. The molecule has 0 fully saturated rings. The van der Waals surface area contributed by atoms with E-state index in [0.29, 0.717) is 11.4 Å². The molecule has 0 aliphatic carbocycles. The Balaban J connectivity index is 2.21. The molecule has 1 aromatic heterocycles. The highest BCUT2D eigenvalue weighted by Gasteiger charge is 2.13. The Morgan fingerprint density at radius 1 is 0.950 bits per heavy atom. The molecule has 0 aliphatic heterocycles. The van der Waals surface area contributed by atoms with Crippen molar-refractivity contribution < 1.29 is 0 Å². The van der Waals surface area contributed by atoms with Gasteiger partial charge in [-0.25, -0.2) is 4.68 Å². The van der Waals surface area contributed by atoms with E-state index in [1.807, 2.05) is 48.5 Å². The van der Waals surface area contributed by atoms with E-state index in [4.69, 9.17) is 0 Å². The Kier molecular flexibility index (Phi) is 3.10. The molecule has 0 unspecified atom stereocenters. The van der Waals surface area contributed by atoms with Gasteiger partial charge >= 0.3 is 0 Å². The number of hydrogen-bond donors (Lipinski definition) is 2. The van der Waals surface area contributed by atoms with Crippen molar-refractivity contribution in [3.05, 3.63) is 76.2 Å². The van der Waals surface area contributed by atoms with Crippen molar-refractivity contribution in [3.8, 4) is 16.9 Å². The second-order valence-electron chi connectivity index (χ2n) is 4.31. The first kappa shape index (κ1) is 12.3. The predicted octanol–water partition coefficient (Wildman–Crippen LogP) is 2.74. The van der Waals surface area contributed by atoms with Crippen LogP contribution in [0, 0.1) is 5.21 Å². The van der Waals surface area contributed by atoms with Crippen LogP contribution < -0.4 is 11.0 Å². The van der Waals surface area contributed by atoms with Crippen LogP contribution in [0.25, 0.3) is 16.9 Å². The van der Waals surface area contributed by atoms with Crippen molar-refractivity contribution in [2.45, 2.75) is 0 Å². The molecule has 0 bridgehead atoms. The number of anilines is 1. The molecule has 0 saturated carbocycles. The van der Waals surface area contributed by atoms with Gasteiger partial charge in [-0.2, -0.15) is 0 Å². The number of aromatic amines is 1. The SMILES string of the molecule is O=c1c(N[O-])c(-c2ccccc2)[nH]n1-c1ccccc1. The highest BCUT2D eigenvalue weighted by atomic mass is 16.5. The average molecular weight is 266 g/mol. The number of rotatable bonds is 3. The second-order valence-corrected chi connectivity index (χ2v) is 4.31. The lowest BCUT2D eigenvalue weighted by Gasteiger charge is -2.07. The lowest BCUT2D eigenvalue weighted by atomic mass is 10.1. The van der Waals surface area contributed by atoms with Crippen LogP contribution >= 0.6 is 0 Å². The standard InChI is InChI=1S/C15H12N3O2/c19-15-14(17-20)13(11-7-3-1-4-8-11)16-18(15)12-9-5-2-6-10-12/h1-10,16-17H/q-1. The van der Waals surface area contributed by atoms with Gasteiger partial charge in [-0.3, -0.25) is 9.89 Å². The molecule has 100 valence electrons. The largest absolute Gasteiger partial charge is 0.761 e. The smallest absolute Gasteiger partial charge is 0.294 e. The topological polar surface area (TPSA) is 72.9 Å². The molecule has 1 heterocycles. The minimum absolute atomic E-state index is 0.0139. The lowest BCUT2D eigenvalue weighted by molar-refractivity contribution is 0.853. The van der Waals surface area contributed by atoms with Crippen LogP contribution in [-0.4, -0.2) is 9.78 Å². The molecule has 0 spiro atoms. The fourth-order valence-electron chi connectivity index (χ4n) is 2.10. The summed E-state index contributed by atoms with van der Waals surface area (Å²) >= 11 is 0. The molecule has 0 saturated heterocycles. The maximum absolute atomic E-state index is 12.3. The van der Waals surface area contributed by atoms with Crippen molar-refractivity contribution in [3.63, 3.8) is 0 Å². The maximum atomic E-state index is 12.3. The molecule has 2 N–H and O–H groups in total. The zero-order chi connectivity index (χ0) is 13.9. The minimum Gasteiger partial charge on any atom is -0.761 e. The van der Waals surface area contributed by atoms with Crippen molar-refractivity contribution in [1.82, 2.24) is 9.78 Å². The number of nitrogens with one attached hydrogen (secondary N) is 2. The number of nitrogens with zero attached hydrogens (tertiary/aromatic N) is 1. The van der Waals surface area contributed by atoms with Crippen LogP contribution in [-0.2, 0) is 0 Å². The summed E-state index contributed by atoms with van der Waals surface area (Å²) in [6.45, 7) is 0. The molecule has 20 heavy (non-hydrogen) atoms. The molecule has 3 aromatic rings. The first-order valence-electron chi connectivity index (χ1n) is 6.15. The highest BCUT2D eigenvalue weighted by molar-refractivity contribution is 5.74. The zero-order valence-electron chi connectivity index (χ0n) is 10.5. The van der Waals surface area contributed by atoms with E-state index in [1.165, 1.54) is 4.68 Å². The van der Waals surface area contributed by atoms with Crippen molar-refractivity contribution >= 4 is 5.69 Å². The molecule has 2 aromatic carbocycles. The highest BCUT2D eigenvalue weighted by Crippen LogP contribution is 2.23. The van der Waals surface area contributed by atoms with Crippen molar-refractivity contribution in [1.29, 1.82) is 0 Å². The van der Waals surface area contributed by atoms with Gasteiger partial charge < -0.3 is 10.7 Å². The Hall–Kier alpha value is -2.79. The number of aromatic nitrogens is 2. The van der Waals surface area contributed by atoms with Crippen LogP contribution in [0.3, 0.4) is 0 Å². The monoisotopic (exact) mass is 266 g/mol. The van der Waals surface area contributed by atoms with Gasteiger partial charge in [0.15, 0.2) is 0 Å². The van der Waals surface area contributed by atoms with Gasteiger partial charge in [-0.05, 0) is 12.1 Å². The summed E-state index contributed by atoms with van der Waals surface area (Å²) < 4.78 is 1.35. The van der Waals surface area contributed by atoms with E-state index in [0.717, 1.165) is 5.56 Å². The van der Waals surface area contributed by atoms with Gasteiger partial charge in [-0.15, -0.1) is 0 Å². The van der Waals surface area contributed by atoms with Crippen LogP contribution in [0.15, 0.2) is 65.5 Å². The number of benzene rings is 2. The van der Waals surface area contributed by atoms with E-state index >= 15 is 0 Å². The summed E-state index contributed by atoms with van der Waals surface area (Å²) in [5.41, 5.74) is 3.29. The summed E-state index contributed by atoms with van der Waals surface area (Å²) in [5, 5.41) is 14.1. The first-order chi connectivity index (χ1) is 9.81. The Labute approximate surface area is 115 Å². The summed E-state index contributed by atoms with van der Waals surface area (Å²) in [4.78, 5) is 12.3. The second kappa shape index (κ2) is 5.07. The number of para-hydroxylation sites is 1. The average Bonchev–Trinajstić information content (AvgIpc) is 2.86. The third-order valence-corrected chi connectivity index (χ3v) is 3.07. The van der Waals surface area contributed by atoms with E-state index in [9.17, 15) is 10.0 Å². The third-order valence-electron chi connectivity index (χ3n) is 3.07. The van der Waals surface area contributed by atoms with Crippen molar-refractivity contribution in [2.75, 3.05) is 5.48 Å². The quantitative estimate of drug-likeness (QED) is 0.716. The van der Waals surface area contributed by atoms with Crippen LogP contribution in [0.2, 0.25) is 0 Å². The fourth-order valence-corrected chi connectivity index (χ4v) is 2.10. The van der Waals surface area contributed by atoms with Gasteiger partial charge in [0, 0.05) is 5.56 Å². The molecule has 0 atom stereocenters. The van der Waals surface area contributed by atoms with Gasteiger partial charge in [0.1, 0.15) is 5.69 Å². The minimum atomic E-state index is -0.398. The summed E-state index contributed by atoms with van der Waals surface area (Å²) in [7, 11) is 0. The number of H-pyrrole nitrogens is 1. The Bertz CT molecular complexity index is 761. The van der Waals surface area contributed by atoms with Gasteiger partial charge in [0.25, 0.3) is 5.56 Å². The summed E-state index contributed by atoms with van der Waals surface area (Å²) in [6.07, 6.45) is 0. The predicted molar refractivity (Wildman–Crippen MR) is 78.8 cm³/mol. The van der Waals surface area contributed by atoms with Gasteiger partial charge in [-0.1, -0.05) is 48.5 Å². The van der Waals surface area contributed by atoms with E-state index in [-0.39, 0.29) is 5.69 Å². The fraction of sp³-hybridized carbons (Fsp3) is 0. The summed E-state index contributed by atoms with van der Waals surface area (Å²) in [6, 6.07) is 18.3. The molecular weight excluding hydrogens is 254 g/mol. The third kappa shape index (κ3) is 2.00. The van der Waals surface area contributed by atoms with Crippen LogP contribution in [0.5, 0.6) is 0 Å². The van der Waals surface area contributed by atoms with Crippen LogP contribution in [0.1, 0.15) is 0 Å². The maximum Gasteiger partial charge on any atom is 0.294 e.